The first-order valence-corrected chi connectivity index (χ1v) is 4.69. The molecular formula is C3H9BrMgSi. The van der Waals surface area contributed by atoms with Gasteiger partial charge in [0.15, 0.2) is 0 Å². The van der Waals surface area contributed by atoms with E-state index < -0.39 is 0 Å². The first-order valence-electron chi connectivity index (χ1n) is 1.56. The Hall–Kier alpha value is 1.46. The molecule has 0 rings (SSSR count). The molecule has 0 fully saturated rings. The predicted molar refractivity (Wildman–Crippen MR) is 30.0 cm³/mol. The molecule has 0 aromatic rings. The van der Waals surface area contributed by atoms with Crippen molar-refractivity contribution < 1.29 is 17.0 Å². The minimum Gasteiger partial charge on any atom is -1.00 e. The van der Waals surface area contributed by atoms with E-state index in [1.165, 1.54) is 0 Å². The van der Waals surface area contributed by atoms with E-state index >= 15 is 0 Å². The zero-order valence-corrected chi connectivity index (χ0v) is 8.52. The Balaban J connectivity index is -0.0000000450. The molecule has 0 radical (unpaired) electrons. The number of halogens is 1. The molecule has 0 bridgehead atoms. The van der Waals surface area contributed by atoms with E-state index in [-0.39, 0.29) is 48.8 Å². The topological polar surface area (TPSA) is 0 Å². The third kappa shape index (κ3) is 50.8. The van der Waals surface area contributed by atoms with Gasteiger partial charge in [-0.3, -0.25) is 0 Å². The Morgan fingerprint density at radius 1 is 1.33 bits per heavy atom. The summed E-state index contributed by atoms with van der Waals surface area (Å²) in [6, 6.07) is 0. The van der Waals surface area contributed by atoms with Crippen LogP contribution in [0.2, 0.25) is 13.1 Å². The predicted octanol–water partition coefficient (Wildman–Crippen LogP) is -2.53. The molecule has 3 heteroatoms. The van der Waals surface area contributed by atoms with Crippen LogP contribution in [0.4, 0.5) is 0 Å². The van der Waals surface area contributed by atoms with Gasteiger partial charge in [-0.05, 0) is 0 Å². The second kappa shape index (κ2) is 9.68. The van der Waals surface area contributed by atoms with Crippen molar-refractivity contribution in [2.75, 3.05) is 0 Å². The Labute approximate surface area is 68.2 Å². The molecule has 0 unspecified atom stereocenters. The molecule has 0 N–H and O–H groups in total. The van der Waals surface area contributed by atoms with Gasteiger partial charge in [0, 0.05) is 0 Å². The fourth-order valence-corrected chi connectivity index (χ4v) is 0. The normalized spacial score (nSPS) is 6.00. The largest absolute Gasteiger partial charge is 2.00 e. The van der Waals surface area contributed by atoms with Crippen molar-refractivity contribution in [3.05, 3.63) is 6.55 Å². The first-order chi connectivity index (χ1) is 1.73. The molecule has 0 saturated carbocycles. The van der Waals surface area contributed by atoms with Gasteiger partial charge in [-0.2, -0.15) is 0 Å². The van der Waals surface area contributed by atoms with Gasteiger partial charge in [-0.15, -0.1) is 8.80 Å². The van der Waals surface area contributed by atoms with Crippen molar-refractivity contribution in [2.24, 2.45) is 0 Å². The molecule has 0 heterocycles. The Bertz CT molecular complexity index is 15.5. The van der Waals surface area contributed by atoms with E-state index in [9.17, 15) is 0 Å². The fourth-order valence-electron chi connectivity index (χ4n) is 0. The van der Waals surface area contributed by atoms with Crippen molar-refractivity contribution in [1.29, 1.82) is 0 Å². The average Bonchev–Trinajstić information content (AvgIpc) is 0.811. The molecule has 34 valence electrons. The van der Waals surface area contributed by atoms with Gasteiger partial charge in [0.25, 0.3) is 0 Å². The summed E-state index contributed by atoms with van der Waals surface area (Å²) >= 11 is 0. The van der Waals surface area contributed by atoms with Gasteiger partial charge < -0.3 is 23.5 Å². The molecule has 0 nitrogen and oxygen atoms in total. The SMILES string of the molecule is [Br-].[CH2-][SiH](C)C.[Mg+2]. The fraction of sp³-hybridized carbons (Fsp3) is 0.667. The van der Waals surface area contributed by atoms with Crippen LogP contribution < -0.4 is 17.0 Å². The third-order valence-corrected chi connectivity index (χ3v) is 0. The van der Waals surface area contributed by atoms with E-state index in [0.717, 1.165) is 0 Å². The van der Waals surface area contributed by atoms with Crippen molar-refractivity contribution in [1.82, 2.24) is 0 Å². The van der Waals surface area contributed by atoms with Gasteiger partial charge in [-0.25, -0.2) is 0 Å². The van der Waals surface area contributed by atoms with Crippen LogP contribution in [0.3, 0.4) is 0 Å². The summed E-state index contributed by atoms with van der Waals surface area (Å²) in [4.78, 5) is 0. The molecule has 0 aliphatic rings. The monoisotopic (exact) mass is 176 g/mol. The first kappa shape index (κ1) is 15.7. The summed E-state index contributed by atoms with van der Waals surface area (Å²) in [5, 5.41) is 0. The van der Waals surface area contributed by atoms with Crippen LogP contribution in [-0.4, -0.2) is 31.8 Å². The molecule has 0 saturated heterocycles. The molecule has 0 spiro atoms. The molecule has 0 atom stereocenters. The quantitative estimate of drug-likeness (QED) is 0.283. The number of hydrogen-bond donors (Lipinski definition) is 0. The van der Waals surface area contributed by atoms with E-state index in [1.54, 1.807) is 0 Å². The minimum atomic E-state index is -0.389. The molecule has 6 heavy (non-hydrogen) atoms. The van der Waals surface area contributed by atoms with Crippen molar-refractivity contribution in [3.63, 3.8) is 0 Å². The Morgan fingerprint density at radius 2 is 1.33 bits per heavy atom. The molecule has 0 amide bonds. The number of rotatable bonds is 0. The summed E-state index contributed by atoms with van der Waals surface area (Å²) in [6.07, 6.45) is 0. The molecule has 0 aliphatic carbocycles. The van der Waals surface area contributed by atoms with Crippen LogP contribution in [0, 0.1) is 6.55 Å². The van der Waals surface area contributed by atoms with E-state index in [0.29, 0.717) is 0 Å². The maximum atomic E-state index is 3.78. The molecule has 0 aromatic heterocycles. The summed E-state index contributed by atoms with van der Waals surface area (Å²) in [7, 11) is -0.389. The maximum absolute atomic E-state index is 3.78. The Kier molecular flexibility index (Phi) is 25.3. The molecular weight excluding hydrogens is 168 g/mol. The van der Waals surface area contributed by atoms with Gasteiger partial charge >= 0.3 is 23.1 Å². The van der Waals surface area contributed by atoms with Crippen molar-refractivity contribution >= 4 is 31.8 Å². The zero-order valence-electron chi connectivity index (χ0n) is 4.37. The van der Waals surface area contributed by atoms with Crippen molar-refractivity contribution in [3.8, 4) is 0 Å². The summed E-state index contributed by atoms with van der Waals surface area (Å²) in [5.41, 5.74) is 0. The summed E-state index contributed by atoms with van der Waals surface area (Å²) in [5.74, 6) is 0. The van der Waals surface area contributed by atoms with Crippen LogP contribution in [-0.2, 0) is 0 Å². The van der Waals surface area contributed by atoms with Crippen molar-refractivity contribution in [2.45, 2.75) is 13.1 Å². The van der Waals surface area contributed by atoms with Gasteiger partial charge in [-0.1, -0.05) is 13.1 Å². The minimum absolute atomic E-state index is 0. The van der Waals surface area contributed by atoms with E-state index in [2.05, 4.69) is 19.6 Å². The smallest absolute Gasteiger partial charge is 1.00 e. The van der Waals surface area contributed by atoms with E-state index in [1.807, 2.05) is 0 Å². The Morgan fingerprint density at radius 3 is 1.33 bits per heavy atom. The van der Waals surface area contributed by atoms with Crippen LogP contribution in [0.1, 0.15) is 0 Å². The average molecular weight is 177 g/mol. The molecule has 0 aliphatic heterocycles. The third-order valence-electron chi connectivity index (χ3n) is 0. The van der Waals surface area contributed by atoms with Gasteiger partial charge in [0.2, 0.25) is 0 Å². The van der Waals surface area contributed by atoms with Crippen LogP contribution in [0.25, 0.3) is 0 Å². The van der Waals surface area contributed by atoms with Crippen LogP contribution >= 0.6 is 0 Å². The zero-order chi connectivity index (χ0) is 3.58. The van der Waals surface area contributed by atoms with Gasteiger partial charge in [0.05, 0.1) is 0 Å². The van der Waals surface area contributed by atoms with Crippen LogP contribution in [0.5, 0.6) is 0 Å². The summed E-state index contributed by atoms with van der Waals surface area (Å²) in [6.45, 7) is 8.17. The number of hydrogen-bond acceptors (Lipinski definition) is 0. The van der Waals surface area contributed by atoms with Crippen LogP contribution in [0.15, 0.2) is 0 Å². The van der Waals surface area contributed by atoms with E-state index in [4.69, 9.17) is 0 Å². The standard InChI is InChI=1S/C3H9Si.BrH.Mg/c1-4(2)3;;/h4H,1H2,2-3H3;1H;/q-1;;+2/p-1. The molecule has 0 aromatic carbocycles. The van der Waals surface area contributed by atoms with Gasteiger partial charge in [0.1, 0.15) is 0 Å². The second-order valence-corrected chi connectivity index (χ2v) is 4.18. The summed E-state index contributed by atoms with van der Waals surface area (Å²) < 4.78 is 0. The second-order valence-electron chi connectivity index (χ2n) is 1.39. The maximum Gasteiger partial charge on any atom is 2.00 e.